The molecule has 0 aliphatic rings. The molecule has 16 heavy (non-hydrogen) atoms. The summed E-state index contributed by atoms with van der Waals surface area (Å²) in [6.07, 6.45) is 1.74. The van der Waals surface area contributed by atoms with Crippen LogP contribution in [0.4, 0.5) is 0 Å². The first-order chi connectivity index (χ1) is 7.50. The molecule has 0 fully saturated rings. The van der Waals surface area contributed by atoms with Gasteiger partial charge in [-0.1, -0.05) is 13.8 Å². The zero-order valence-electron chi connectivity index (χ0n) is 9.99. The second-order valence-corrected chi connectivity index (χ2v) is 4.28. The lowest BCUT2D eigenvalue weighted by molar-refractivity contribution is -0.121. The van der Waals surface area contributed by atoms with Crippen LogP contribution in [-0.4, -0.2) is 22.8 Å². The third kappa shape index (κ3) is 3.53. The van der Waals surface area contributed by atoms with Gasteiger partial charge < -0.3 is 9.88 Å². The average molecular weight is 222 g/mol. The maximum absolute atomic E-state index is 11.5. The Kier molecular flexibility index (Phi) is 4.28. The molecule has 1 amide bonds. The zero-order valence-corrected chi connectivity index (χ0v) is 9.99. The molecular weight excluding hydrogens is 204 g/mol. The fourth-order valence-corrected chi connectivity index (χ4v) is 1.40. The van der Waals surface area contributed by atoms with Crippen LogP contribution in [-0.2, 0) is 11.3 Å². The summed E-state index contributed by atoms with van der Waals surface area (Å²) in [4.78, 5) is 22.8. The standard InChI is InChI=1S/C12H18N2O2/c1-9(2)7-13-12(16)8-14-6-4-5-11(14)10(3)15/h4-6,9H,7-8H2,1-3H3,(H,13,16). The molecule has 0 bridgehead atoms. The molecule has 1 heterocycles. The quantitative estimate of drug-likeness (QED) is 0.767. The third-order valence-electron chi connectivity index (χ3n) is 2.21. The van der Waals surface area contributed by atoms with Gasteiger partial charge in [0.1, 0.15) is 6.54 Å². The van der Waals surface area contributed by atoms with Gasteiger partial charge in [-0.25, -0.2) is 0 Å². The normalized spacial score (nSPS) is 10.5. The first-order valence-electron chi connectivity index (χ1n) is 5.43. The Morgan fingerprint density at radius 1 is 1.44 bits per heavy atom. The molecule has 0 aliphatic heterocycles. The van der Waals surface area contributed by atoms with E-state index in [1.165, 1.54) is 6.92 Å². The second kappa shape index (κ2) is 5.49. The van der Waals surface area contributed by atoms with Crippen molar-refractivity contribution in [3.05, 3.63) is 24.0 Å². The highest BCUT2D eigenvalue weighted by Crippen LogP contribution is 2.03. The minimum Gasteiger partial charge on any atom is -0.354 e. The van der Waals surface area contributed by atoms with E-state index in [1.54, 1.807) is 22.9 Å². The molecule has 0 atom stereocenters. The van der Waals surface area contributed by atoms with Crippen molar-refractivity contribution < 1.29 is 9.59 Å². The molecule has 1 aromatic rings. The van der Waals surface area contributed by atoms with Crippen LogP contribution in [0.5, 0.6) is 0 Å². The average Bonchev–Trinajstić information content (AvgIpc) is 2.62. The summed E-state index contributed by atoms with van der Waals surface area (Å²) < 4.78 is 1.66. The summed E-state index contributed by atoms with van der Waals surface area (Å²) in [5.74, 6) is 0.343. The molecule has 4 nitrogen and oxygen atoms in total. The number of aromatic nitrogens is 1. The largest absolute Gasteiger partial charge is 0.354 e. The van der Waals surface area contributed by atoms with E-state index in [2.05, 4.69) is 5.32 Å². The molecule has 88 valence electrons. The van der Waals surface area contributed by atoms with E-state index in [1.807, 2.05) is 13.8 Å². The lowest BCUT2D eigenvalue weighted by Crippen LogP contribution is -2.31. The molecule has 0 saturated carbocycles. The van der Waals surface area contributed by atoms with Crippen molar-refractivity contribution >= 4 is 11.7 Å². The van der Waals surface area contributed by atoms with Crippen LogP contribution in [0.3, 0.4) is 0 Å². The first kappa shape index (κ1) is 12.5. The summed E-state index contributed by atoms with van der Waals surface area (Å²) >= 11 is 0. The van der Waals surface area contributed by atoms with Gasteiger partial charge in [-0.15, -0.1) is 0 Å². The van der Waals surface area contributed by atoms with Gasteiger partial charge in [0, 0.05) is 19.7 Å². The second-order valence-electron chi connectivity index (χ2n) is 4.28. The summed E-state index contributed by atoms with van der Waals surface area (Å²) in [7, 11) is 0. The van der Waals surface area contributed by atoms with Gasteiger partial charge in [0.15, 0.2) is 5.78 Å². The van der Waals surface area contributed by atoms with Gasteiger partial charge in [0.05, 0.1) is 5.69 Å². The maximum atomic E-state index is 11.5. The van der Waals surface area contributed by atoms with Gasteiger partial charge in [-0.2, -0.15) is 0 Å². The minimum absolute atomic E-state index is 0.0262. The molecular formula is C12H18N2O2. The number of amides is 1. The van der Waals surface area contributed by atoms with Crippen LogP contribution in [0.25, 0.3) is 0 Å². The highest BCUT2D eigenvalue weighted by atomic mass is 16.2. The summed E-state index contributed by atoms with van der Waals surface area (Å²) in [6, 6.07) is 3.49. The van der Waals surface area contributed by atoms with E-state index < -0.39 is 0 Å². The molecule has 0 aromatic carbocycles. The Morgan fingerprint density at radius 3 is 2.69 bits per heavy atom. The summed E-state index contributed by atoms with van der Waals surface area (Å²) in [6.45, 7) is 6.44. The molecule has 1 N–H and O–H groups in total. The van der Waals surface area contributed by atoms with Crippen LogP contribution >= 0.6 is 0 Å². The number of nitrogens with zero attached hydrogens (tertiary/aromatic N) is 1. The van der Waals surface area contributed by atoms with Crippen molar-refractivity contribution in [2.45, 2.75) is 27.3 Å². The number of rotatable bonds is 5. The Morgan fingerprint density at radius 2 is 2.12 bits per heavy atom. The number of carbonyl (C=O) groups excluding carboxylic acids is 2. The molecule has 0 saturated heterocycles. The van der Waals surface area contributed by atoms with Gasteiger partial charge in [0.2, 0.25) is 5.91 Å². The van der Waals surface area contributed by atoms with Gasteiger partial charge in [0.25, 0.3) is 0 Å². The van der Waals surface area contributed by atoms with Crippen molar-refractivity contribution in [1.82, 2.24) is 9.88 Å². The Labute approximate surface area is 95.6 Å². The SMILES string of the molecule is CC(=O)c1cccn1CC(=O)NCC(C)C. The monoisotopic (exact) mass is 222 g/mol. The topological polar surface area (TPSA) is 51.1 Å². The lowest BCUT2D eigenvalue weighted by Gasteiger charge is -2.09. The van der Waals surface area contributed by atoms with Crippen LogP contribution in [0.1, 0.15) is 31.3 Å². The van der Waals surface area contributed by atoms with E-state index in [4.69, 9.17) is 0 Å². The van der Waals surface area contributed by atoms with E-state index in [0.29, 0.717) is 18.2 Å². The maximum Gasteiger partial charge on any atom is 0.239 e. The predicted octanol–water partition coefficient (Wildman–Crippen LogP) is 1.46. The number of hydrogen-bond acceptors (Lipinski definition) is 2. The highest BCUT2D eigenvalue weighted by Gasteiger charge is 2.09. The van der Waals surface area contributed by atoms with E-state index in [-0.39, 0.29) is 18.2 Å². The molecule has 1 rings (SSSR count). The third-order valence-corrected chi connectivity index (χ3v) is 2.21. The zero-order chi connectivity index (χ0) is 12.1. The van der Waals surface area contributed by atoms with E-state index in [0.717, 1.165) is 0 Å². The van der Waals surface area contributed by atoms with Crippen LogP contribution < -0.4 is 5.32 Å². The number of hydrogen-bond donors (Lipinski definition) is 1. The fourth-order valence-electron chi connectivity index (χ4n) is 1.40. The molecule has 1 aromatic heterocycles. The molecule has 0 unspecified atom stereocenters. The minimum atomic E-state index is -0.0626. The summed E-state index contributed by atoms with van der Waals surface area (Å²) in [5.41, 5.74) is 0.569. The molecule has 0 aliphatic carbocycles. The number of nitrogens with one attached hydrogen (secondary N) is 1. The molecule has 0 spiro atoms. The highest BCUT2D eigenvalue weighted by molar-refractivity contribution is 5.93. The van der Waals surface area contributed by atoms with Crippen molar-refractivity contribution in [1.29, 1.82) is 0 Å². The Hall–Kier alpha value is -1.58. The number of ketones is 1. The Balaban J connectivity index is 2.56. The number of Topliss-reactive ketones (excluding diaryl/α,β-unsaturated/α-hetero) is 1. The lowest BCUT2D eigenvalue weighted by atomic mass is 10.2. The fraction of sp³-hybridized carbons (Fsp3) is 0.500. The first-order valence-corrected chi connectivity index (χ1v) is 5.43. The number of carbonyl (C=O) groups is 2. The van der Waals surface area contributed by atoms with Crippen molar-refractivity contribution in [3.8, 4) is 0 Å². The van der Waals surface area contributed by atoms with Crippen molar-refractivity contribution in [2.24, 2.45) is 5.92 Å². The molecule has 4 heteroatoms. The smallest absolute Gasteiger partial charge is 0.239 e. The van der Waals surface area contributed by atoms with Crippen molar-refractivity contribution in [3.63, 3.8) is 0 Å². The Bertz CT molecular complexity index is 380. The summed E-state index contributed by atoms with van der Waals surface area (Å²) in [5, 5.41) is 2.82. The van der Waals surface area contributed by atoms with Crippen LogP contribution in [0.15, 0.2) is 18.3 Å². The van der Waals surface area contributed by atoms with Crippen molar-refractivity contribution in [2.75, 3.05) is 6.54 Å². The van der Waals surface area contributed by atoms with E-state index >= 15 is 0 Å². The van der Waals surface area contributed by atoms with Gasteiger partial charge in [-0.05, 0) is 18.1 Å². The van der Waals surface area contributed by atoms with Gasteiger partial charge >= 0.3 is 0 Å². The van der Waals surface area contributed by atoms with Crippen LogP contribution in [0.2, 0.25) is 0 Å². The van der Waals surface area contributed by atoms with E-state index in [9.17, 15) is 9.59 Å². The predicted molar refractivity (Wildman–Crippen MR) is 62.3 cm³/mol. The molecule has 0 radical (unpaired) electrons. The van der Waals surface area contributed by atoms with Gasteiger partial charge in [-0.3, -0.25) is 9.59 Å². The van der Waals surface area contributed by atoms with Crippen LogP contribution in [0, 0.1) is 5.92 Å².